The lowest BCUT2D eigenvalue weighted by molar-refractivity contribution is -0.162. The van der Waals surface area contributed by atoms with Crippen LogP contribution in [0.25, 0.3) is 0 Å². The van der Waals surface area contributed by atoms with E-state index >= 15 is 0 Å². The zero-order valence-electron chi connectivity index (χ0n) is 37.0. The molecule has 5 heteroatoms. The molecule has 0 aromatic carbocycles. The molecule has 0 fully saturated rings. The number of carbonyl (C=O) groups is 2. The molecule has 324 valence electrons. The summed E-state index contributed by atoms with van der Waals surface area (Å²) in [6.45, 7) is 7.23. The number of carbonyl (C=O) groups excluding carboxylic acids is 2. The molecule has 1 unspecified atom stereocenters. The Labute approximate surface area is 356 Å². The second-order valence-corrected chi connectivity index (χ2v) is 14.2. The lowest BCUT2D eigenvalue weighted by Crippen LogP contribution is -2.30. The van der Waals surface area contributed by atoms with E-state index in [1.165, 1.54) is 12.8 Å². The summed E-state index contributed by atoms with van der Waals surface area (Å²) >= 11 is 0. The van der Waals surface area contributed by atoms with Gasteiger partial charge in [-0.3, -0.25) is 9.59 Å². The van der Waals surface area contributed by atoms with Crippen LogP contribution in [-0.2, 0) is 23.8 Å². The van der Waals surface area contributed by atoms with E-state index in [0.29, 0.717) is 13.0 Å². The molecule has 0 spiro atoms. The molecule has 0 radical (unpaired) electrons. The largest absolute Gasteiger partial charge is 0.461 e. The third-order valence-electron chi connectivity index (χ3n) is 8.67. The highest BCUT2D eigenvalue weighted by molar-refractivity contribution is 5.71. The molecular weight excluding hydrogens is 717 g/mol. The molecule has 0 saturated carbocycles. The van der Waals surface area contributed by atoms with Gasteiger partial charge < -0.3 is 14.2 Å². The van der Waals surface area contributed by atoms with Gasteiger partial charge in [-0.25, -0.2) is 0 Å². The van der Waals surface area contributed by atoms with Crippen molar-refractivity contribution >= 4 is 11.9 Å². The van der Waals surface area contributed by atoms with Gasteiger partial charge in [0.15, 0.2) is 6.10 Å². The summed E-state index contributed by atoms with van der Waals surface area (Å²) in [5.41, 5.74) is 0. The fraction of sp³-hybridized carbons (Fsp3) is 0.547. The third-order valence-corrected chi connectivity index (χ3v) is 8.67. The highest BCUT2D eigenvalue weighted by atomic mass is 16.6. The summed E-state index contributed by atoms with van der Waals surface area (Å²) in [4.78, 5) is 25.2. The van der Waals surface area contributed by atoms with E-state index in [4.69, 9.17) is 14.2 Å². The minimum absolute atomic E-state index is 0.00589. The maximum atomic E-state index is 12.7. The van der Waals surface area contributed by atoms with Crippen LogP contribution in [0.2, 0.25) is 0 Å². The van der Waals surface area contributed by atoms with Crippen LogP contribution in [0.3, 0.4) is 0 Å². The van der Waals surface area contributed by atoms with Gasteiger partial charge in [-0.1, -0.05) is 180 Å². The average molecular weight is 799 g/mol. The van der Waals surface area contributed by atoms with Crippen molar-refractivity contribution in [1.29, 1.82) is 0 Å². The first-order chi connectivity index (χ1) is 28.6. The first kappa shape index (κ1) is 54.0. The van der Waals surface area contributed by atoms with Gasteiger partial charge in [-0.15, -0.1) is 0 Å². The normalized spacial score (nSPS) is 13.5. The molecule has 0 saturated heterocycles. The standard InChI is InChI=1S/C53H82O5/c1-4-7-10-13-16-19-22-25-27-29-31-34-37-40-43-46-52(54)57-50-51(49-56-48-45-42-39-36-33-30-26-23-20-17-14-11-8-5-2)58-53(55)47-44-41-38-35-32-28-24-21-18-15-12-9-6-3/h7-8,10-12,15-17,19-21,24-27,30-31,34,36,39-40,43,51H,4-6,9,13-14,18,22-23,28-29,32-33,35,37-38,41-42,44-50H2,1-3H3/b10-7-,11-8-,15-12-,19-16-,20-17-,24-21-,27-25-,30-26-,34-31-,39-36-,43-40-. The van der Waals surface area contributed by atoms with Crippen molar-refractivity contribution in [2.24, 2.45) is 0 Å². The van der Waals surface area contributed by atoms with Crippen molar-refractivity contribution in [3.63, 3.8) is 0 Å². The number of hydrogen-bond acceptors (Lipinski definition) is 5. The van der Waals surface area contributed by atoms with E-state index in [1.54, 1.807) is 0 Å². The summed E-state index contributed by atoms with van der Waals surface area (Å²) < 4.78 is 17.1. The van der Waals surface area contributed by atoms with Crippen LogP contribution in [0.4, 0.5) is 0 Å². The average Bonchev–Trinajstić information content (AvgIpc) is 3.22. The van der Waals surface area contributed by atoms with E-state index in [-0.39, 0.29) is 31.6 Å². The Morgan fingerprint density at radius 3 is 1.33 bits per heavy atom. The van der Waals surface area contributed by atoms with Crippen molar-refractivity contribution in [2.45, 2.75) is 168 Å². The Morgan fingerprint density at radius 1 is 0.414 bits per heavy atom. The van der Waals surface area contributed by atoms with E-state index in [2.05, 4.69) is 142 Å². The fourth-order valence-corrected chi connectivity index (χ4v) is 5.39. The zero-order valence-corrected chi connectivity index (χ0v) is 37.0. The van der Waals surface area contributed by atoms with Gasteiger partial charge >= 0.3 is 11.9 Å². The summed E-state index contributed by atoms with van der Waals surface area (Å²) in [7, 11) is 0. The van der Waals surface area contributed by atoms with E-state index in [9.17, 15) is 9.59 Å². The molecule has 5 nitrogen and oxygen atoms in total. The Balaban J connectivity index is 4.54. The highest BCUT2D eigenvalue weighted by Crippen LogP contribution is 2.10. The smallest absolute Gasteiger partial charge is 0.309 e. The predicted molar refractivity (Wildman–Crippen MR) is 251 cm³/mol. The lowest BCUT2D eigenvalue weighted by atomic mass is 10.1. The molecule has 1 atom stereocenters. The summed E-state index contributed by atoms with van der Waals surface area (Å²) in [5.74, 6) is -0.606. The zero-order chi connectivity index (χ0) is 42.1. The van der Waals surface area contributed by atoms with Crippen molar-refractivity contribution in [2.75, 3.05) is 19.8 Å². The SMILES string of the molecule is CC/C=C\C/C=C\C/C=C\C/C=C\C/C=C\CC(=O)OCC(COCCC/C=C\C/C=C\C/C=C\C/C=C\CC)OC(=O)CCCCCCC/C=C\C/C=C\CCC. The van der Waals surface area contributed by atoms with Crippen molar-refractivity contribution in [3.05, 3.63) is 134 Å². The van der Waals surface area contributed by atoms with Crippen LogP contribution in [0.1, 0.15) is 162 Å². The number of rotatable bonds is 39. The van der Waals surface area contributed by atoms with E-state index < -0.39 is 6.10 Å². The van der Waals surface area contributed by atoms with Crippen molar-refractivity contribution in [3.8, 4) is 0 Å². The second-order valence-electron chi connectivity index (χ2n) is 14.2. The Kier molecular flexibility index (Phi) is 44.2. The van der Waals surface area contributed by atoms with Crippen LogP contribution in [-0.4, -0.2) is 37.9 Å². The molecule has 0 heterocycles. The molecule has 0 bridgehead atoms. The van der Waals surface area contributed by atoms with Crippen LogP contribution < -0.4 is 0 Å². The van der Waals surface area contributed by atoms with Gasteiger partial charge in [0.25, 0.3) is 0 Å². The number of allylic oxidation sites excluding steroid dienone is 21. The molecule has 0 aliphatic heterocycles. The van der Waals surface area contributed by atoms with Gasteiger partial charge in [0, 0.05) is 13.0 Å². The highest BCUT2D eigenvalue weighted by Gasteiger charge is 2.17. The molecule has 0 aromatic heterocycles. The Bertz CT molecular complexity index is 1270. The van der Waals surface area contributed by atoms with Crippen LogP contribution in [0, 0.1) is 0 Å². The van der Waals surface area contributed by atoms with E-state index in [0.717, 1.165) is 116 Å². The van der Waals surface area contributed by atoms with Crippen LogP contribution >= 0.6 is 0 Å². The summed E-state index contributed by atoms with van der Waals surface area (Å²) in [5, 5.41) is 0. The predicted octanol–water partition coefficient (Wildman–Crippen LogP) is 15.2. The maximum absolute atomic E-state index is 12.7. The fourth-order valence-electron chi connectivity index (χ4n) is 5.39. The number of unbranched alkanes of at least 4 members (excludes halogenated alkanes) is 7. The van der Waals surface area contributed by atoms with Crippen LogP contribution in [0.15, 0.2) is 134 Å². The van der Waals surface area contributed by atoms with Crippen LogP contribution in [0.5, 0.6) is 0 Å². The monoisotopic (exact) mass is 799 g/mol. The number of ether oxygens (including phenoxy) is 3. The molecular formula is C53H82O5. The third kappa shape index (κ3) is 44.8. The quantitative estimate of drug-likeness (QED) is 0.0352. The molecule has 0 rings (SSSR count). The molecule has 0 amide bonds. The minimum Gasteiger partial charge on any atom is -0.461 e. The lowest BCUT2D eigenvalue weighted by Gasteiger charge is -2.18. The van der Waals surface area contributed by atoms with Gasteiger partial charge in [0.1, 0.15) is 6.61 Å². The second kappa shape index (κ2) is 47.4. The topological polar surface area (TPSA) is 61.8 Å². The van der Waals surface area contributed by atoms with Crippen molar-refractivity contribution < 1.29 is 23.8 Å². The Hall–Kier alpha value is -3.96. The summed E-state index contributed by atoms with van der Waals surface area (Å²) in [6, 6.07) is 0. The van der Waals surface area contributed by atoms with Crippen molar-refractivity contribution in [1.82, 2.24) is 0 Å². The molecule has 0 N–H and O–H groups in total. The first-order valence-electron chi connectivity index (χ1n) is 22.7. The summed E-state index contributed by atoms with van der Waals surface area (Å²) in [6.07, 6.45) is 67.7. The first-order valence-corrected chi connectivity index (χ1v) is 22.7. The van der Waals surface area contributed by atoms with E-state index in [1.807, 2.05) is 12.2 Å². The van der Waals surface area contributed by atoms with Gasteiger partial charge in [-0.05, 0) is 103 Å². The number of hydrogen-bond donors (Lipinski definition) is 0. The van der Waals surface area contributed by atoms with Gasteiger partial charge in [-0.2, -0.15) is 0 Å². The van der Waals surface area contributed by atoms with Gasteiger partial charge in [0.2, 0.25) is 0 Å². The molecule has 0 aliphatic carbocycles. The molecule has 58 heavy (non-hydrogen) atoms. The maximum Gasteiger partial charge on any atom is 0.309 e. The molecule has 0 aromatic rings. The van der Waals surface area contributed by atoms with Gasteiger partial charge in [0.05, 0.1) is 13.0 Å². The molecule has 0 aliphatic rings. The minimum atomic E-state index is -0.620. The number of esters is 2. The Morgan fingerprint density at radius 2 is 0.828 bits per heavy atom.